The average molecular weight is 286 g/mol. The number of aromatic hydroxyl groups is 1. The molecule has 0 aliphatic heterocycles. The minimum absolute atomic E-state index is 0.343. The molecule has 2 aromatic rings. The van der Waals surface area contributed by atoms with Gasteiger partial charge in [0.25, 0.3) is 0 Å². The summed E-state index contributed by atoms with van der Waals surface area (Å²) in [6.45, 7) is 9.29. The maximum Gasteiger partial charge on any atom is 0.213 e. The molecule has 3 heteroatoms. The number of nitrogens with zero attached hydrogens (tertiary/aromatic N) is 2. The van der Waals surface area contributed by atoms with Crippen LogP contribution in [0.15, 0.2) is 24.3 Å². The Morgan fingerprint density at radius 2 is 1.95 bits per heavy atom. The Kier molecular flexibility index (Phi) is 5.05. The van der Waals surface area contributed by atoms with E-state index in [0.717, 1.165) is 42.6 Å². The number of aromatic nitrogens is 2. The van der Waals surface area contributed by atoms with E-state index < -0.39 is 0 Å². The van der Waals surface area contributed by atoms with E-state index in [-0.39, 0.29) is 0 Å². The summed E-state index contributed by atoms with van der Waals surface area (Å²) < 4.78 is 1.76. The maximum atomic E-state index is 10.5. The van der Waals surface area contributed by atoms with Gasteiger partial charge in [0.1, 0.15) is 0 Å². The lowest BCUT2D eigenvalue weighted by Crippen LogP contribution is -2.05. The first-order valence-electron chi connectivity index (χ1n) is 7.89. The summed E-state index contributed by atoms with van der Waals surface area (Å²) in [5.74, 6) is 0.801. The second-order valence-corrected chi connectivity index (χ2v) is 6.15. The van der Waals surface area contributed by atoms with Crippen molar-refractivity contribution >= 4 is 0 Å². The summed E-state index contributed by atoms with van der Waals surface area (Å²) in [4.78, 5) is 0. The molecule has 0 fully saturated rings. The van der Waals surface area contributed by atoms with E-state index in [1.807, 2.05) is 12.1 Å². The molecule has 1 aromatic carbocycles. The molecule has 0 aliphatic rings. The lowest BCUT2D eigenvalue weighted by Gasteiger charge is -2.06. The number of unbranched alkanes of at least 4 members (excludes halogenated alkanes) is 1. The van der Waals surface area contributed by atoms with Gasteiger partial charge in [0.05, 0.1) is 5.69 Å². The van der Waals surface area contributed by atoms with E-state index in [1.165, 1.54) is 5.56 Å². The number of hydrogen-bond donors (Lipinski definition) is 1. The number of rotatable bonds is 6. The van der Waals surface area contributed by atoms with Crippen LogP contribution in [0.2, 0.25) is 0 Å². The summed E-state index contributed by atoms with van der Waals surface area (Å²) >= 11 is 0. The van der Waals surface area contributed by atoms with E-state index in [0.29, 0.717) is 11.8 Å². The van der Waals surface area contributed by atoms with Crippen molar-refractivity contribution in [1.29, 1.82) is 0 Å². The third kappa shape index (κ3) is 3.46. The molecule has 0 unspecified atom stereocenters. The molecule has 0 saturated heterocycles. The normalized spacial score (nSPS) is 11.3. The number of hydrogen-bond acceptors (Lipinski definition) is 2. The van der Waals surface area contributed by atoms with E-state index >= 15 is 0 Å². The van der Waals surface area contributed by atoms with Crippen LogP contribution >= 0.6 is 0 Å². The van der Waals surface area contributed by atoms with Gasteiger partial charge in [-0.15, -0.1) is 0 Å². The second-order valence-electron chi connectivity index (χ2n) is 6.15. The van der Waals surface area contributed by atoms with Gasteiger partial charge >= 0.3 is 0 Å². The molecule has 0 aliphatic carbocycles. The van der Waals surface area contributed by atoms with Gasteiger partial charge in [-0.1, -0.05) is 51.5 Å². The Bertz CT molecular complexity index is 599. The molecule has 1 heterocycles. The predicted octanol–water partition coefficient (Wildman–Crippen LogP) is 4.56. The van der Waals surface area contributed by atoms with Crippen molar-refractivity contribution in [3.8, 4) is 17.1 Å². The summed E-state index contributed by atoms with van der Waals surface area (Å²) in [6.07, 6.45) is 3.06. The number of aryl methyl sites for hydroxylation is 1. The van der Waals surface area contributed by atoms with Crippen LogP contribution in [0.4, 0.5) is 0 Å². The largest absolute Gasteiger partial charge is 0.493 e. The first kappa shape index (κ1) is 15.6. The van der Waals surface area contributed by atoms with Gasteiger partial charge in [0, 0.05) is 17.7 Å². The molecule has 1 aromatic heterocycles. The molecule has 0 radical (unpaired) electrons. The van der Waals surface area contributed by atoms with Crippen molar-refractivity contribution in [3.63, 3.8) is 0 Å². The van der Waals surface area contributed by atoms with Crippen LogP contribution in [0.25, 0.3) is 11.3 Å². The van der Waals surface area contributed by atoms with E-state index in [2.05, 4.69) is 39.8 Å². The van der Waals surface area contributed by atoms with Crippen LogP contribution < -0.4 is 0 Å². The zero-order chi connectivity index (χ0) is 15.4. The zero-order valence-electron chi connectivity index (χ0n) is 13.6. The van der Waals surface area contributed by atoms with Gasteiger partial charge < -0.3 is 5.11 Å². The van der Waals surface area contributed by atoms with Crippen LogP contribution in [0, 0.1) is 12.8 Å². The molecule has 2 rings (SSSR count). The van der Waals surface area contributed by atoms with Crippen molar-refractivity contribution in [2.75, 3.05) is 0 Å². The highest BCUT2D eigenvalue weighted by molar-refractivity contribution is 5.68. The summed E-state index contributed by atoms with van der Waals surface area (Å²) in [7, 11) is 0. The fourth-order valence-electron chi connectivity index (χ4n) is 2.60. The Hall–Kier alpha value is -1.77. The van der Waals surface area contributed by atoms with Crippen LogP contribution in [0.3, 0.4) is 0 Å². The Morgan fingerprint density at radius 1 is 1.24 bits per heavy atom. The fraction of sp³-hybridized carbons (Fsp3) is 0.500. The van der Waals surface area contributed by atoms with Crippen molar-refractivity contribution in [3.05, 3.63) is 35.4 Å². The fourth-order valence-corrected chi connectivity index (χ4v) is 2.60. The molecule has 0 spiro atoms. The predicted molar refractivity (Wildman–Crippen MR) is 87.5 cm³/mol. The monoisotopic (exact) mass is 286 g/mol. The number of benzene rings is 1. The van der Waals surface area contributed by atoms with Crippen LogP contribution in [-0.2, 0) is 13.0 Å². The SMILES string of the molecule is CCCCc1c(-c2ccccc2C)nn(CC(C)C)c1O. The molecule has 114 valence electrons. The molecule has 0 saturated carbocycles. The zero-order valence-corrected chi connectivity index (χ0v) is 13.6. The topological polar surface area (TPSA) is 38.0 Å². The smallest absolute Gasteiger partial charge is 0.213 e. The first-order valence-corrected chi connectivity index (χ1v) is 7.89. The quantitative estimate of drug-likeness (QED) is 0.845. The molecule has 0 amide bonds. The molecule has 0 bridgehead atoms. The van der Waals surface area contributed by atoms with Crippen molar-refractivity contribution < 1.29 is 5.11 Å². The standard InChI is InChI=1S/C18H26N2O/c1-5-6-10-16-17(15-11-8-7-9-14(15)4)19-20(18(16)21)12-13(2)3/h7-9,11,13,21H,5-6,10,12H2,1-4H3. The highest BCUT2D eigenvalue weighted by Gasteiger charge is 2.19. The first-order chi connectivity index (χ1) is 10.0. The van der Waals surface area contributed by atoms with E-state index in [1.54, 1.807) is 4.68 Å². The lowest BCUT2D eigenvalue weighted by molar-refractivity contribution is 0.368. The van der Waals surface area contributed by atoms with E-state index in [9.17, 15) is 5.11 Å². The van der Waals surface area contributed by atoms with Crippen molar-refractivity contribution in [2.24, 2.45) is 5.92 Å². The molecule has 21 heavy (non-hydrogen) atoms. The minimum atomic E-state index is 0.343. The second kappa shape index (κ2) is 6.79. The van der Waals surface area contributed by atoms with Gasteiger partial charge in [-0.05, 0) is 31.2 Å². The minimum Gasteiger partial charge on any atom is -0.493 e. The van der Waals surface area contributed by atoms with Gasteiger partial charge in [-0.3, -0.25) is 0 Å². The Labute approximate surface area is 127 Å². The van der Waals surface area contributed by atoms with Crippen molar-refractivity contribution in [2.45, 2.75) is 53.5 Å². The van der Waals surface area contributed by atoms with Gasteiger partial charge in [-0.2, -0.15) is 5.10 Å². The highest BCUT2D eigenvalue weighted by atomic mass is 16.3. The lowest BCUT2D eigenvalue weighted by atomic mass is 10.00. The molecule has 1 N–H and O–H groups in total. The Morgan fingerprint density at radius 3 is 2.57 bits per heavy atom. The van der Waals surface area contributed by atoms with Crippen molar-refractivity contribution in [1.82, 2.24) is 9.78 Å². The summed E-state index contributed by atoms with van der Waals surface area (Å²) in [5, 5.41) is 15.2. The van der Waals surface area contributed by atoms with Gasteiger partial charge in [-0.25, -0.2) is 4.68 Å². The van der Waals surface area contributed by atoms with Gasteiger partial charge in [0.2, 0.25) is 5.88 Å². The third-order valence-corrected chi connectivity index (χ3v) is 3.74. The van der Waals surface area contributed by atoms with Crippen LogP contribution in [-0.4, -0.2) is 14.9 Å². The molecule has 3 nitrogen and oxygen atoms in total. The summed E-state index contributed by atoms with van der Waals surface area (Å²) in [5.41, 5.74) is 4.26. The van der Waals surface area contributed by atoms with Crippen LogP contribution in [0.1, 0.15) is 44.7 Å². The average Bonchev–Trinajstić information content (AvgIpc) is 2.73. The summed E-state index contributed by atoms with van der Waals surface area (Å²) in [6, 6.07) is 8.25. The third-order valence-electron chi connectivity index (χ3n) is 3.74. The molecule has 0 atom stereocenters. The van der Waals surface area contributed by atoms with Crippen LogP contribution in [0.5, 0.6) is 5.88 Å². The molecular formula is C18H26N2O. The Balaban J connectivity index is 2.50. The molecular weight excluding hydrogens is 260 g/mol. The maximum absolute atomic E-state index is 10.5. The van der Waals surface area contributed by atoms with E-state index in [4.69, 9.17) is 5.10 Å². The van der Waals surface area contributed by atoms with Gasteiger partial charge in [0.15, 0.2) is 0 Å². The highest BCUT2D eigenvalue weighted by Crippen LogP contribution is 2.33.